The Bertz CT molecular complexity index is 371. The molecule has 96 valence electrons. The zero-order chi connectivity index (χ0) is 13.0. The summed E-state index contributed by atoms with van der Waals surface area (Å²) in [5.74, 6) is 0.165. The van der Waals surface area contributed by atoms with Crippen molar-refractivity contribution in [1.82, 2.24) is 15.1 Å². The Morgan fingerprint density at radius 1 is 1.65 bits per heavy atom. The predicted molar refractivity (Wildman–Crippen MR) is 68.9 cm³/mol. The highest BCUT2D eigenvalue weighted by atomic mass is 35.5. The lowest BCUT2D eigenvalue weighted by Crippen LogP contribution is -2.37. The van der Waals surface area contributed by atoms with Gasteiger partial charge in [-0.2, -0.15) is 5.10 Å². The Morgan fingerprint density at radius 3 is 2.76 bits per heavy atom. The van der Waals surface area contributed by atoms with Crippen molar-refractivity contribution >= 4 is 23.3 Å². The summed E-state index contributed by atoms with van der Waals surface area (Å²) in [5, 5.41) is 7.28. The van der Waals surface area contributed by atoms with Crippen LogP contribution in [-0.4, -0.2) is 21.7 Å². The number of aromatic nitrogens is 2. The number of rotatable bonds is 5. The molecule has 0 aliphatic heterocycles. The first-order chi connectivity index (χ1) is 7.95. The van der Waals surface area contributed by atoms with Gasteiger partial charge in [0.25, 0.3) is 0 Å². The monoisotopic (exact) mass is 258 g/mol. The van der Waals surface area contributed by atoms with Crippen molar-refractivity contribution in [2.45, 2.75) is 45.7 Å². The fourth-order valence-electron chi connectivity index (χ4n) is 1.57. The average molecular weight is 259 g/mol. The van der Waals surface area contributed by atoms with Crippen molar-refractivity contribution in [2.24, 2.45) is 0 Å². The third-order valence-electron chi connectivity index (χ3n) is 2.60. The molecule has 0 bridgehead atoms. The third-order valence-corrected chi connectivity index (χ3v) is 2.89. The number of anilines is 1. The van der Waals surface area contributed by atoms with Gasteiger partial charge >= 0.3 is 0 Å². The minimum atomic E-state index is -0.413. The van der Waals surface area contributed by atoms with Crippen molar-refractivity contribution in [3.05, 3.63) is 11.2 Å². The number of hydrogen-bond acceptors (Lipinski definition) is 3. The van der Waals surface area contributed by atoms with Crippen molar-refractivity contribution in [2.75, 3.05) is 5.73 Å². The molecule has 0 saturated carbocycles. The van der Waals surface area contributed by atoms with Crippen molar-refractivity contribution in [3.63, 3.8) is 0 Å². The highest BCUT2D eigenvalue weighted by Crippen LogP contribution is 2.18. The number of hydrogen-bond donors (Lipinski definition) is 2. The molecule has 6 heteroatoms. The maximum Gasteiger partial charge on any atom is 0.244 e. The summed E-state index contributed by atoms with van der Waals surface area (Å²) in [4.78, 5) is 11.9. The first kappa shape index (κ1) is 13.8. The van der Waals surface area contributed by atoms with Crippen LogP contribution in [0.1, 0.15) is 39.7 Å². The van der Waals surface area contributed by atoms with E-state index in [-0.39, 0.29) is 17.8 Å². The van der Waals surface area contributed by atoms with Crippen molar-refractivity contribution in [1.29, 1.82) is 0 Å². The minimum Gasteiger partial charge on any atom is -0.381 e. The molecule has 0 aliphatic carbocycles. The van der Waals surface area contributed by atoms with E-state index in [1.54, 1.807) is 13.1 Å². The standard InChI is InChI=1S/C11H19ClN4O/c1-4-5-7(2)14-11(17)8(3)16-6-9(12)10(13)15-16/h6-8H,4-5H2,1-3H3,(H2,13,15)(H,14,17). The molecule has 0 saturated heterocycles. The zero-order valence-corrected chi connectivity index (χ0v) is 11.2. The van der Waals surface area contributed by atoms with Gasteiger partial charge in [-0.3, -0.25) is 9.48 Å². The van der Waals surface area contributed by atoms with E-state index in [1.165, 1.54) is 4.68 Å². The maximum atomic E-state index is 11.9. The SMILES string of the molecule is CCCC(C)NC(=O)C(C)n1cc(Cl)c(N)n1. The summed E-state index contributed by atoms with van der Waals surface area (Å²) in [6.07, 6.45) is 3.56. The number of halogens is 1. The molecule has 5 nitrogen and oxygen atoms in total. The number of carbonyl (C=O) groups excluding carboxylic acids is 1. The van der Waals surface area contributed by atoms with E-state index in [0.29, 0.717) is 5.02 Å². The molecular weight excluding hydrogens is 240 g/mol. The van der Waals surface area contributed by atoms with Crippen molar-refractivity contribution in [3.8, 4) is 0 Å². The molecule has 1 aromatic heterocycles. The molecule has 0 radical (unpaired) electrons. The van der Waals surface area contributed by atoms with Crippen LogP contribution < -0.4 is 11.1 Å². The van der Waals surface area contributed by atoms with Crippen LogP contribution in [-0.2, 0) is 4.79 Å². The van der Waals surface area contributed by atoms with Crippen LogP contribution in [0, 0.1) is 0 Å². The molecular formula is C11H19ClN4O. The number of amides is 1. The second kappa shape index (κ2) is 5.91. The van der Waals surface area contributed by atoms with Crippen LogP contribution in [0.4, 0.5) is 5.82 Å². The van der Waals surface area contributed by atoms with E-state index in [9.17, 15) is 4.79 Å². The summed E-state index contributed by atoms with van der Waals surface area (Å²) < 4.78 is 1.48. The molecule has 1 rings (SSSR count). The number of nitrogen functional groups attached to an aromatic ring is 1. The van der Waals surface area contributed by atoms with Gasteiger partial charge in [-0.15, -0.1) is 0 Å². The normalized spacial score (nSPS) is 14.4. The molecule has 2 unspecified atom stereocenters. The highest BCUT2D eigenvalue weighted by molar-refractivity contribution is 6.32. The van der Waals surface area contributed by atoms with Crippen LogP contribution in [0.25, 0.3) is 0 Å². The lowest BCUT2D eigenvalue weighted by Gasteiger charge is -2.17. The van der Waals surface area contributed by atoms with Gasteiger partial charge in [-0.05, 0) is 20.3 Å². The average Bonchev–Trinajstić information content (AvgIpc) is 2.58. The predicted octanol–water partition coefficient (Wildman–Crippen LogP) is 1.98. The molecule has 0 aliphatic rings. The Balaban J connectivity index is 2.63. The van der Waals surface area contributed by atoms with Gasteiger partial charge in [0, 0.05) is 12.2 Å². The largest absolute Gasteiger partial charge is 0.381 e. The van der Waals surface area contributed by atoms with Crippen LogP contribution in [0.2, 0.25) is 5.02 Å². The molecule has 17 heavy (non-hydrogen) atoms. The minimum absolute atomic E-state index is 0.0786. The quantitative estimate of drug-likeness (QED) is 0.848. The van der Waals surface area contributed by atoms with Crippen LogP contribution in [0.15, 0.2) is 6.20 Å². The van der Waals surface area contributed by atoms with Gasteiger partial charge in [0.1, 0.15) is 11.1 Å². The lowest BCUT2D eigenvalue weighted by molar-refractivity contribution is -0.124. The lowest BCUT2D eigenvalue weighted by atomic mass is 10.2. The van der Waals surface area contributed by atoms with E-state index in [0.717, 1.165) is 12.8 Å². The smallest absolute Gasteiger partial charge is 0.244 e. The molecule has 1 heterocycles. The fourth-order valence-corrected chi connectivity index (χ4v) is 1.71. The van der Waals surface area contributed by atoms with Crippen LogP contribution >= 0.6 is 11.6 Å². The first-order valence-corrected chi connectivity index (χ1v) is 6.14. The number of nitrogens with two attached hydrogens (primary N) is 1. The van der Waals surface area contributed by atoms with E-state index in [2.05, 4.69) is 17.3 Å². The van der Waals surface area contributed by atoms with E-state index in [1.807, 2.05) is 6.92 Å². The van der Waals surface area contributed by atoms with Crippen LogP contribution in [0.3, 0.4) is 0 Å². The van der Waals surface area contributed by atoms with Gasteiger partial charge in [0.15, 0.2) is 5.82 Å². The Hall–Kier alpha value is -1.23. The maximum absolute atomic E-state index is 11.9. The van der Waals surface area contributed by atoms with Gasteiger partial charge < -0.3 is 11.1 Å². The highest BCUT2D eigenvalue weighted by Gasteiger charge is 2.18. The Morgan fingerprint density at radius 2 is 2.29 bits per heavy atom. The fraction of sp³-hybridized carbons (Fsp3) is 0.636. The summed E-state index contributed by atoms with van der Waals surface area (Å²) in [6, 6.07) is -0.248. The second-order valence-electron chi connectivity index (χ2n) is 4.22. The number of nitrogens with zero attached hydrogens (tertiary/aromatic N) is 2. The molecule has 0 aromatic carbocycles. The summed E-state index contributed by atoms with van der Waals surface area (Å²) in [6.45, 7) is 5.83. The molecule has 0 fully saturated rings. The number of nitrogens with one attached hydrogen (secondary N) is 1. The third kappa shape index (κ3) is 3.63. The molecule has 3 N–H and O–H groups in total. The summed E-state index contributed by atoms with van der Waals surface area (Å²) in [7, 11) is 0. The van der Waals surface area contributed by atoms with E-state index < -0.39 is 6.04 Å². The summed E-state index contributed by atoms with van der Waals surface area (Å²) in [5.41, 5.74) is 5.53. The van der Waals surface area contributed by atoms with Crippen molar-refractivity contribution < 1.29 is 4.79 Å². The zero-order valence-electron chi connectivity index (χ0n) is 10.4. The van der Waals surface area contributed by atoms with Gasteiger partial charge in [0.05, 0.1) is 0 Å². The van der Waals surface area contributed by atoms with Gasteiger partial charge in [-0.25, -0.2) is 0 Å². The molecule has 2 atom stereocenters. The Labute approximate surface area is 106 Å². The Kier molecular flexibility index (Phi) is 4.81. The van der Waals surface area contributed by atoms with Gasteiger partial charge in [0.2, 0.25) is 5.91 Å². The van der Waals surface area contributed by atoms with E-state index >= 15 is 0 Å². The molecule has 0 spiro atoms. The topological polar surface area (TPSA) is 72.9 Å². The molecule has 1 aromatic rings. The second-order valence-corrected chi connectivity index (χ2v) is 4.62. The van der Waals surface area contributed by atoms with Gasteiger partial charge in [-0.1, -0.05) is 24.9 Å². The van der Waals surface area contributed by atoms with E-state index in [4.69, 9.17) is 17.3 Å². The summed E-state index contributed by atoms with van der Waals surface area (Å²) >= 11 is 5.79. The van der Waals surface area contributed by atoms with Crippen LogP contribution in [0.5, 0.6) is 0 Å². The first-order valence-electron chi connectivity index (χ1n) is 5.76. The molecule has 1 amide bonds. The number of carbonyl (C=O) groups is 1.